The fourth-order valence-electron chi connectivity index (χ4n) is 2.00. The van der Waals surface area contributed by atoms with Crippen molar-refractivity contribution in [2.24, 2.45) is 5.73 Å². The smallest absolute Gasteiger partial charge is 0.152 e. The molecule has 3 N–H and O–H groups in total. The fourth-order valence-corrected chi connectivity index (χ4v) is 3.49. The highest BCUT2D eigenvalue weighted by atomic mass is 32.2. The number of rotatable bonds is 10. The Labute approximate surface area is 127 Å². The van der Waals surface area contributed by atoms with E-state index in [1.807, 2.05) is 25.1 Å². The first-order valence-corrected chi connectivity index (χ1v) is 9.10. The minimum atomic E-state index is -3.23. The van der Waals surface area contributed by atoms with Crippen molar-refractivity contribution in [2.45, 2.75) is 38.8 Å². The Morgan fingerprint density at radius 2 is 2.00 bits per heavy atom. The third-order valence-corrected chi connectivity index (χ3v) is 4.93. The molecule has 0 bridgehead atoms. The molecule has 1 aromatic carbocycles. The van der Waals surface area contributed by atoms with Gasteiger partial charge in [0.15, 0.2) is 9.84 Å². The Balaban J connectivity index is 2.45. The zero-order valence-corrected chi connectivity index (χ0v) is 13.3. The van der Waals surface area contributed by atoms with Gasteiger partial charge in [-0.25, -0.2) is 8.42 Å². The van der Waals surface area contributed by atoms with Gasteiger partial charge in [-0.1, -0.05) is 38.0 Å². The summed E-state index contributed by atoms with van der Waals surface area (Å²) in [6.45, 7) is 2.30. The molecule has 0 spiro atoms. The number of hydrogen-bond acceptors (Lipinski definition) is 5. The lowest BCUT2D eigenvalue weighted by molar-refractivity contribution is 0.124. The van der Waals surface area contributed by atoms with Gasteiger partial charge in [0.25, 0.3) is 0 Å². The van der Waals surface area contributed by atoms with Crippen molar-refractivity contribution in [2.75, 3.05) is 18.1 Å². The van der Waals surface area contributed by atoms with Crippen LogP contribution in [0.25, 0.3) is 0 Å². The molecule has 0 fully saturated rings. The summed E-state index contributed by atoms with van der Waals surface area (Å²) in [4.78, 5) is 0. The fraction of sp³-hybridized carbons (Fsp3) is 0.600. The summed E-state index contributed by atoms with van der Waals surface area (Å²) in [6.07, 6.45) is 1.47. The highest BCUT2D eigenvalue weighted by molar-refractivity contribution is 7.91. The van der Waals surface area contributed by atoms with E-state index in [-0.39, 0.29) is 18.1 Å². The van der Waals surface area contributed by atoms with Crippen LogP contribution in [0.4, 0.5) is 0 Å². The van der Waals surface area contributed by atoms with Crippen LogP contribution < -0.4 is 10.5 Å². The van der Waals surface area contributed by atoms with Gasteiger partial charge >= 0.3 is 0 Å². The van der Waals surface area contributed by atoms with Gasteiger partial charge in [0.05, 0.1) is 11.5 Å². The maximum absolute atomic E-state index is 11.8. The van der Waals surface area contributed by atoms with Gasteiger partial charge in [-0.3, -0.25) is 0 Å². The second-order valence-electron chi connectivity index (χ2n) is 5.10. The Bertz CT molecular complexity index is 516. The van der Waals surface area contributed by atoms with Gasteiger partial charge in [0.1, 0.15) is 18.5 Å². The molecule has 1 rings (SSSR count). The van der Waals surface area contributed by atoms with Crippen LogP contribution in [0.15, 0.2) is 24.3 Å². The first-order valence-electron chi connectivity index (χ1n) is 7.27. The molecular formula is C15H25NO4S. The molecule has 0 aliphatic rings. The molecule has 5 nitrogen and oxygen atoms in total. The van der Waals surface area contributed by atoms with E-state index >= 15 is 0 Å². The number of nitrogens with two attached hydrogens (primary N) is 1. The molecule has 0 heterocycles. The molecule has 0 amide bonds. The number of hydrogen-bond donors (Lipinski definition) is 2. The van der Waals surface area contributed by atoms with Crippen molar-refractivity contribution in [3.8, 4) is 5.75 Å². The van der Waals surface area contributed by atoms with E-state index in [9.17, 15) is 13.5 Å². The SMILES string of the molecule is CCCCCS(=O)(=O)CC(O)COc1ccccc1CN. The molecule has 1 aromatic rings. The minimum Gasteiger partial charge on any atom is -0.491 e. The highest BCUT2D eigenvalue weighted by Gasteiger charge is 2.18. The van der Waals surface area contributed by atoms with Gasteiger partial charge in [0, 0.05) is 12.1 Å². The number of para-hydroxylation sites is 1. The second kappa shape index (κ2) is 9.02. The normalized spacial score (nSPS) is 13.1. The molecular weight excluding hydrogens is 290 g/mol. The zero-order valence-electron chi connectivity index (χ0n) is 12.5. The number of aliphatic hydroxyl groups excluding tert-OH is 1. The zero-order chi connectivity index (χ0) is 15.7. The van der Waals surface area contributed by atoms with Crippen LogP contribution in [0.5, 0.6) is 5.75 Å². The Morgan fingerprint density at radius 1 is 1.29 bits per heavy atom. The summed E-state index contributed by atoms with van der Waals surface area (Å²) in [5.74, 6) is 0.445. The monoisotopic (exact) mass is 315 g/mol. The van der Waals surface area contributed by atoms with Crippen molar-refractivity contribution < 1.29 is 18.3 Å². The number of sulfone groups is 1. The largest absolute Gasteiger partial charge is 0.491 e. The molecule has 0 aliphatic carbocycles. The molecule has 1 unspecified atom stereocenters. The Kier molecular flexibility index (Phi) is 7.71. The van der Waals surface area contributed by atoms with E-state index in [1.165, 1.54) is 0 Å². The Morgan fingerprint density at radius 3 is 2.67 bits per heavy atom. The van der Waals surface area contributed by atoms with Crippen molar-refractivity contribution in [1.29, 1.82) is 0 Å². The lowest BCUT2D eigenvalue weighted by Crippen LogP contribution is -2.28. The Hall–Kier alpha value is -1.11. The van der Waals surface area contributed by atoms with Gasteiger partial charge in [-0.2, -0.15) is 0 Å². The predicted molar refractivity (Wildman–Crippen MR) is 84.0 cm³/mol. The third-order valence-electron chi connectivity index (χ3n) is 3.13. The van der Waals surface area contributed by atoms with E-state index < -0.39 is 15.9 Å². The summed E-state index contributed by atoms with van der Waals surface area (Å²) in [6, 6.07) is 7.25. The predicted octanol–water partition coefficient (Wildman–Crippen LogP) is 1.49. The van der Waals surface area contributed by atoms with Crippen molar-refractivity contribution in [3.63, 3.8) is 0 Å². The van der Waals surface area contributed by atoms with E-state index in [4.69, 9.17) is 10.5 Å². The topological polar surface area (TPSA) is 89.6 Å². The maximum Gasteiger partial charge on any atom is 0.152 e. The molecule has 21 heavy (non-hydrogen) atoms. The summed E-state index contributed by atoms with van der Waals surface area (Å²) in [5, 5.41) is 9.83. The average Bonchev–Trinajstić information content (AvgIpc) is 2.45. The van der Waals surface area contributed by atoms with E-state index in [2.05, 4.69) is 0 Å². The second-order valence-corrected chi connectivity index (χ2v) is 7.33. The van der Waals surface area contributed by atoms with Crippen LogP contribution in [-0.2, 0) is 16.4 Å². The highest BCUT2D eigenvalue weighted by Crippen LogP contribution is 2.17. The van der Waals surface area contributed by atoms with E-state index in [0.717, 1.165) is 18.4 Å². The summed E-state index contributed by atoms with van der Waals surface area (Å²) >= 11 is 0. The lowest BCUT2D eigenvalue weighted by atomic mass is 10.2. The number of aliphatic hydroxyl groups is 1. The van der Waals surface area contributed by atoms with Gasteiger partial charge in [-0.15, -0.1) is 0 Å². The first kappa shape index (κ1) is 17.9. The van der Waals surface area contributed by atoms with Crippen molar-refractivity contribution in [3.05, 3.63) is 29.8 Å². The molecule has 0 aliphatic heterocycles. The van der Waals surface area contributed by atoms with E-state index in [0.29, 0.717) is 18.7 Å². The summed E-state index contributed by atoms with van der Waals surface area (Å²) in [5.41, 5.74) is 6.42. The number of benzene rings is 1. The maximum atomic E-state index is 11.8. The molecule has 1 atom stereocenters. The van der Waals surface area contributed by atoms with Crippen LogP contribution in [0.1, 0.15) is 31.7 Å². The van der Waals surface area contributed by atoms with E-state index in [1.54, 1.807) is 6.07 Å². The molecule has 0 radical (unpaired) electrons. The quantitative estimate of drug-likeness (QED) is 0.639. The molecule has 0 saturated carbocycles. The van der Waals surface area contributed by atoms with Gasteiger partial charge < -0.3 is 15.6 Å². The summed E-state index contributed by atoms with van der Waals surface area (Å²) in [7, 11) is -3.23. The van der Waals surface area contributed by atoms with Crippen LogP contribution in [-0.4, -0.2) is 37.7 Å². The first-order chi connectivity index (χ1) is 9.98. The number of unbranched alkanes of at least 4 members (excludes halogenated alkanes) is 2. The number of ether oxygens (including phenoxy) is 1. The summed E-state index contributed by atoms with van der Waals surface area (Å²) < 4.78 is 29.1. The van der Waals surface area contributed by atoms with Crippen molar-refractivity contribution in [1.82, 2.24) is 0 Å². The van der Waals surface area contributed by atoms with Gasteiger partial charge in [0.2, 0.25) is 0 Å². The van der Waals surface area contributed by atoms with Gasteiger partial charge in [-0.05, 0) is 12.5 Å². The lowest BCUT2D eigenvalue weighted by Gasteiger charge is -2.14. The average molecular weight is 315 g/mol. The molecule has 120 valence electrons. The van der Waals surface area contributed by atoms with Crippen molar-refractivity contribution >= 4 is 9.84 Å². The molecule has 0 saturated heterocycles. The van der Waals surface area contributed by atoms with Crippen LogP contribution >= 0.6 is 0 Å². The third kappa shape index (κ3) is 6.93. The standard InChI is InChI=1S/C15H25NO4S/c1-2-3-6-9-21(18,19)12-14(17)11-20-15-8-5-4-7-13(15)10-16/h4-5,7-8,14,17H,2-3,6,9-12,16H2,1H3. The van der Waals surface area contributed by atoms with Crippen LogP contribution in [0.2, 0.25) is 0 Å². The molecule has 0 aromatic heterocycles. The minimum absolute atomic E-state index is 0.0516. The van der Waals surface area contributed by atoms with Crippen LogP contribution in [0.3, 0.4) is 0 Å². The molecule has 6 heteroatoms. The van der Waals surface area contributed by atoms with Crippen LogP contribution in [0, 0.1) is 0 Å².